The molecule has 0 spiro atoms. The zero-order chi connectivity index (χ0) is 20.0. The van der Waals surface area contributed by atoms with Gasteiger partial charge in [0, 0.05) is 16.8 Å². The van der Waals surface area contributed by atoms with Crippen LogP contribution in [0.4, 0.5) is 5.69 Å². The summed E-state index contributed by atoms with van der Waals surface area (Å²) in [5, 5.41) is 12.5. The van der Waals surface area contributed by atoms with E-state index in [0.29, 0.717) is 21.8 Å². The number of nitriles is 1. The van der Waals surface area contributed by atoms with Crippen molar-refractivity contribution in [3.8, 4) is 6.07 Å². The largest absolute Gasteiger partial charge is 0.452 e. The number of amides is 1. The first-order chi connectivity index (χ1) is 12.8. The lowest BCUT2D eigenvalue weighted by Gasteiger charge is -2.14. The van der Waals surface area contributed by atoms with Crippen LogP contribution in [0.5, 0.6) is 0 Å². The molecule has 0 unspecified atom stereocenters. The molecule has 7 nitrogen and oxygen atoms in total. The van der Waals surface area contributed by atoms with Crippen LogP contribution in [0.1, 0.15) is 18.1 Å². The Labute approximate surface area is 164 Å². The van der Waals surface area contributed by atoms with E-state index in [2.05, 4.69) is 10.3 Å². The van der Waals surface area contributed by atoms with Crippen LogP contribution in [0, 0.1) is 18.3 Å². The molecule has 1 heterocycles. The van der Waals surface area contributed by atoms with Crippen LogP contribution in [0.15, 0.2) is 40.2 Å². The number of benzene rings is 1. The Balaban J connectivity index is 1.93. The molecule has 2 rings (SSSR count). The summed E-state index contributed by atoms with van der Waals surface area (Å²) in [5.41, 5.74) is 0.933. The zero-order valence-corrected chi connectivity index (χ0v) is 16.1. The summed E-state index contributed by atoms with van der Waals surface area (Å²) in [5.74, 6) is -1.32. The number of nitrogens with zero attached hydrogens (tertiary/aromatic N) is 1. The number of halogens is 1. The number of thioether (sulfide) groups is 1. The molecule has 1 aromatic carbocycles. The maximum absolute atomic E-state index is 12.1. The molecule has 0 aliphatic heterocycles. The molecule has 2 N–H and O–H groups in total. The molecule has 0 fully saturated rings. The first-order valence-corrected chi connectivity index (χ1v) is 9.19. The van der Waals surface area contributed by atoms with E-state index in [4.69, 9.17) is 21.6 Å². The van der Waals surface area contributed by atoms with Gasteiger partial charge in [0.25, 0.3) is 5.91 Å². The lowest BCUT2D eigenvalue weighted by molar-refractivity contribution is -0.150. The monoisotopic (exact) mass is 405 g/mol. The van der Waals surface area contributed by atoms with Crippen molar-refractivity contribution in [1.29, 1.82) is 5.26 Å². The minimum Gasteiger partial charge on any atom is -0.452 e. The fraction of sp³-hybridized carbons (Fsp3) is 0.222. The Morgan fingerprint density at radius 3 is 2.81 bits per heavy atom. The van der Waals surface area contributed by atoms with Crippen LogP contribution in [0.3, 0.4) is 0 Å². The van der Waals surface area contributed by atoms with Gasteiger partial charge in [-0.2, -0.15) is 5.26 Å². The highest BCUT2D eigenvalue weighted by Crippen LogP contribution is 2.21. The fourth-order valence-electron chi connectivity index (χ4n) is 2.13. The number of esters is 1. The summed E-state index contributed by atoms with van der Waals surface area (Å²) < 4.78 is 5.09. The van der Waals surface area contributed by atoms with Gasteiger partial charge in [0.2, 0.25) is 5.56 Å². The standard InChI is InChI=1S/C18H16ClN3O4S/c1-10-6-15(23)22-18(14(10)8-20)27-9-16(24)26-11(2)17(25)21-13-5-3-4-12(19)7-13/h3-7,11H,9H2,1-2H3,(H,21,25)(H,22,23)/t11-/m1/s1. The molecule has 0 aliphatic rings. The van der Waals surface area contributed by atoms with E-state index in [1.54, 1.807) is 31.2 Å². The van der Waals surface area contributed by atoms with E-state index in [1.165, 1.54) is 13.0 Å². The second-order valence-corrected chi connectivity index (χ2v) is 6.97. The minimum absolute atomic E-state index is 0.164. The van der Waals surface area contributed by atoms with Crippen molar-refractivity contribution >= 4 is 40.9 Å². The Morgan fingerprint density at radius 1 is 1.41 bits per heavy atom. The summed E-state index contributed by atoms with van der Waals surface area (Å²) in [4.78, 5) is 38.1. The number of hydrogen-bond acceptors (Lipinski definition) is 6. The number of nitrogens with one attached hydrogen (secondary N) is 2. The summed E-state index contributed by atoms with van der Waals surface area (Å²) >= 11 is 6.82. The Kier molecular flexibility index (Phi) is 7.05. The minimum atomic E-state index is -1.02. The van der Waals surface area contributed by atoms with Crippen LogP contribution in [0.25, 0.3) is 0 Å². The third kappa shape index (κ3) is 5.88. The molecule has 0 aliphatic carbocycles. The molecule has 0 saturated carbocycles. The van der Waals surface area contributed by atoms with Crippen LogP contribution in [-0.2, 0) is 14.3 Å². The lowest BCUT2D eigenvalue weighted by atomic mass is 10.2. The number of aromatic nitrogens is 1. The van der Waals surface area contributed by atoms with Crippen molar-refractivity contribution in [2.24, 2.45) is 0 Å². The number of carbonyl (C=O) groups is 2. The van der Waals surface area contributed by atoms with Gasteiger partial charge in [-0.3, -0.25) is 14.4 Å². The van der Waals surface area contributed by atoms with E-state index in [-0.39, 0.29) is 16.3 Å². The number of rotatable bonds is 6. The van der Waals surface area contributed by atoms with Gasteiger partial charge in [0.05, 0.1) is 16.3 Å². The maximum atomic E-state index is 12.1. The van der Waals surface area contributed by atoms with E-state index in [0.717, 1.165) is 11.8 Å². The van der Waals surface area contributed by atoms with Gasteiger partial charge >= 0.3 is 5.97 Å². The van der Waals surface area contributed by atoms with Crippen molar-refractivity contribution in [2.75, 3.05) is 11.1 Å². The van der Waals surface area contributed by atoms with E-state index >= 15 is 0 Å². The molecule has 1 aromatic heterocycles. The highest BCUT2D eigenvalue weighted by Gasteiger charge is 2.19. The highest BCUT2D eigenvalue weighted by molar-refractivity contribution is 7.99. The molecule has 1 atom stereocenters. The average molecular weight is 406 g/mol. The number of ether oxygens (including phenoxy) is 1. The molecule has 0 saturated heterocycles. The van der Waals surface area contributed by atoms with E-state index < -0.39 is 18.0 Å². The zero-order valence-electron chi connectivity index (χ0n) is 14.5. The predicted octanol–water partition coefficient (Wildman–Crippen LogP) is 2.87. The van der Waals surface area contributed by atoms with Crippen molar-refractivity contribution < 1.29 is 14.3 Å². The highest BCUT2D eigenvalue weighted by atomic mass is 35.5. The summed E-state index contributed by atoms with van der Waals surface area (Å²) in [6, 6.07) is 9.88. The Morgan fingerprint density at radius 2 is 2.15 bits per heavy atom. The number of anilines is 1. The second kappa shape index (κ2) is 9.26. The van der Waals surface area contributed by atoms with Gasteiger partial charge in [-0.25, -0.2) is 0 Å². The molecule has 9 heteroatoms. The number of pyridine rings is 1. The van der Waals surface area contributed by atoms with E-state index in [9.17, 15) is 14.4 Å². The molecule has 2 aromatic rings. The number of aryl methyl sites for hydroxylation is 1. The Hall–Kier alpha value is -2.76. The van der Waals surface area contributed by atoms with Gasteiger partial charge in [0.1, 0.15) is 6.07 Å². The predicted molar refractivity (Wildman–Crippen MR) is 103 cm³/mol. The van der Waals surface area contributed by atoms with Crippen LogP contribution < -0.4 is 10.9 Å². The van der Waals surface area contributed by atoms with Gasteiger partial charge < -0.3 is 15.0 Å². The maximum Gasteiger partial charge on any atom is 0.317 e. The fourth-order valence-corrected chi connectivity index (χ4v) is 3.18. The molecule has 140 valence electrons. The van der Waals surface area contributed by atoms with Gasteiger partial charge in [-0.05, 0) is 37.6 Å². The van der Waals surface area contributed by atoms with Crippen molar-refractivity contribution in [2.45, 2.75) is 25.0 Å². The van der Waals surface area contributed by atoms with Crippen LogP contribution >= 0.6 is 23.4 Å². The number of hydrogen-bond donors (Lipinski definition) is 2. The number of carbonyl (C=O) groups excluding carboxylic acids is 2. The van der Waals surface area contributed by atoms with Crippen LogP contribution in [-0.4, -0.2) is 28.7 Å². The lowest BCUT2D eigenvalue weighted by Crippen LogP contribution is -2.30. The van der Waals surface area contributed by atoms with E-state index in [1.807, 2.05) is 6.07 Å². The quantitative estimate of drug-likeness (QED) is 0.564. The topological polar surface area (TPSA) is 112 Å². The summed E-state index contributed by atoms with van der Waals surface area (Å²) in [7, 11) is 0. The molecular weight excluding hydrogens is 390 g/mol. The van der Waals surface area contributed by atoms with Crippen molar-refractivity contribution in [3.63, 3.8) is 0 Å². The first kappa shape index (κ1) is 20.6. The third-order valence-electron chi connectivity index (χ3n) is 3.42. The molecule has 27 heavy (non-hydrogen) atoms. The van der Waals surface area contributed by atoms with Crippen molar-refractivity contribution in [1.82, 2.24) is 4.98 Å². The SMILES string of the molecule is Cc1cc(=O)[nH]c(SCC(=O)O[C@H](C)C(=O)Nc2cccc(Cl)c2)c1C#N. The third-order valence-corrected chi connectivity index (χ3v) is 4.63. The van der Waals surface area contributed by atoms with Crippen molar-refractivity contribution in [3.05, 3.63) is 56.8 Å². The molecule has 0 bridgehead atoms. The Bertz CT molecular complexity index is 968. The van der Waals surface area contributed by atoms with Gasteiger partial charge in [-0.1, -0.05) is 29.4 Å². The molecule has 0 radical (unpaired) electrons. The summed E-state index contributed by atoms with van der Waals surface area (Å²) in [6.45, 7) is 3.08. The smallest absolute Gasteiger partial charge is 0.317 e. The number of aromatic amines is 1. The average Bonchev–Trinajstić information content (AvgIpc) is 2.59. The second-order valence-electron chi connectivity index (χ2n) is 5.55. The molecule has 1 amide bonds. The van der Waals surface area contributed by atoms with Crippen LogP contribution in [0.2, 0.25) is 5.02 Å². The molecular formula is C18H16ClN3O4S. The van der Waals surface area contributed by atoms with Gasteiger partial charge in [0.15, 0.2) is 6.10 Å². The summed E-state index contributed by atoms with van der Waals surface area (Å²) in [6.07, 6.45) is -1.02. The normalized spacial score (nSPS) is 11.3. The first-order valence-electron chi connectivity index (χ1n) is 7.83. The number of H-pyrrole nitrogens is 1. The van der Waals surface area contributed by atoms with Gasteiger partial charge in [-0.15, -0.1) is 0 Å².